The lowest BCUT2D eigenvalue weighted by Gasteiger charge is -2.25. The molecule has 1 saturated heterocycles. The molecule has 0 atom stereocenters. The van der Waals surface area contributed by atoms with Crippen molar-refractivity contribution >= 4 is 23.2 Å². The van der Waals surface area contributed by atoms with Gasteiger partial charge in [0, 0.05) is 11.4 Å². The highest BCUT2D eigenvalue weighted by molar-refractivity contribution is 6.02. The predicted molar refractivity (Wildman–Crippen MR) is 92.0 cm³/mol. The van der Waals surface area contributed by atoms with Crippen molar-refractivity contribution in [3.05, 3.63) is 48.4 Å². The summed E-state index contributed by atoms with van der Waals surface area (Å²) >= 11 is 0. The molecule has 0 bridgehead atoms. The second-order valence-electron chi connectivity index (χ2n) is 5.90. The monoisotopic (exact) mass is 327 g/mol. The van der Waals surface area contributed by atoms with Gasteiger partial charge in [0.05, 0.1) is 12.8 Å². The number of carbonyl (C=O) groups is 2. The summed E-state index contributed by atoms with van der Waals surface area (Å²) in [5, 5.41) is 5.63. The average molecular weight is 327 g/mol. The average Bonchev–Trinajstić information content (AvgIpc) is 3.10. The van der Waals surface area contributed by atoms with E-state index in [0.717, 1.165) is 25.9 Å². The molecule has 2 aromatic rings. The van der Waals surface area contributed by atoms with Gasteiger partial charge in [0.2, 0.25) is 5.91 Å². The minimum atomic E-state index is -0.322. The van der Waals surface area contributed by atoms with Crippen molar-refractivity contribution in [1.82, 2.24) is 4.90 Å². The molecule has 1 fully saturated rings. The second kappa shape index (κ2) is 7.79. The fourth-order valence-electron chi connectivity index (χ4n) is 2.80. The molecule has 6 nitrogen and oxygen atoms in total. The molecule has 0 aliphatic carbocycles. The number of rotatable bonds is 5. The third kappa shape index (κ3) is 4.45. The minimum absolute atomic E-state index is 0.0357. The van der Waals surface area contributed by atoms with Gasteiger partial charge in [-0.1, -0.05) is 12.5 Å². The second-order valence-corrected chi connectivity index (χ2v) is 5.90. The summed E-state index contributed by atoms with van der Waals surface area (Å²) in [5.41, 5.74) is 1.27. The van der Waals surface area contributed by atoms with Crippen LogP contribution in [0.3, 0.4) is 0 Å². The van der Waals surface area contributed by atoms with E-state index in [2.05, 4.69) is 15.5 Å². The smallest absolute Gasteiger partial charge is 0.291 e. The number of nitrogens with one attached hydrogen (secondary N) is 2. The van der Waals surface area contributed by atoms with Crippen LogP contribution in [0.4, 0.5) is 11.4 Å². The number of benzene rings is 1. The Balaban J connectivity index is 1.56. The van der Waals surface area contributed by atoms with Gasteiger partial charge in [-0.2, -0.15) is 0 Å². The Labute approximate surface area is 140 Å². The van der Waals surface area contributed by atoms with Crippen LogP contribution < -0.4 is 10.6 Å². The number of piperidine rings is 1. The van der Waals surface area contributed by atoms with Gasteiger partial charge in [0.15, 0.2) is 5.76 Å². The molecule has 1 aromatic heterocycles. The summed E-state index contributed by atoms with van der Waals surface area (Å²) in [6.45, 7) is 2.36. The number of nitrogens with zero attached hydrogens (tertiary/aromatic N) is 1. The Morgan fingerprint density at radius 3 is 2.46 bits per heavy atom. The molecule has 1 aliphatic heterocycles. The van der Waals surface area contributed by atoms with Gasteiger partial charge in [-0.3, -0.25) is 14.5 Å². The zero-order valence-corrected chi connectivity index (χ0v) is 13.5. The van der Waals surface area contributed by atoms with Gasteiger partial charge in [0.25, 0.3) is 5.91 Å². The van der Waals surface area contributed by atoms with Crippen LogP contribution in [0.25, 0.3) is 0 Å². The Bertz CT molecular complexity index is 691. The predicted octanol–water partition coefficient (Wildman–Crippen LogP) is 2.96. The van der Waals surface area contributed by atoms with Crippen LogP contribution in [0.15, 0.2) is 47.1 Å². The summed E-state index contributed by atoms with van der Waals surface area (Å²) in [6.07, 6.45) is 5.00. The summed E-state index contributed by atoms with van der Waals surface area (Å²) in [6, 6.07) is 10.3. The first-order valence-electron chi connectivity index (χ1n) is 8.18. The first-order valence-corrected chi connectivity index (χ1v) is 8.18. The fraction of sp³-hybridized carbons (Fsp3) is 0.333. The van der Waals surface area contributed by atoms with E-state index in [-0.39, 0.29) is 17.6 Å². The number of hydrogen-bond acceptors (Lipinski definition) is 4. The summed E-state index contributed by atoms with van der Waals surface area (Å²) in [4.78, 5) is 26.3. The normalized spacial score (nSPS) is 15.0. The van der Waals surface area contributed by atoms with Gasteiger partial charge in [0.1, 0.15) is 0 Å². The maximum Gasteiger partial charge on any atom is 0.291 e. The fourth-order valence-corrected chi connectivity index (χ4v) is 2.80. The van der Waals surface area contributed by atoms with E-state index in [1.54, 1.807) is 36.4 Å². The van der Waals surface area contributed by atoms with Gasteiger partial charge >= 0.3 is 0 Å². The summed E-state index contributed by atoms with van der Waals surface area (Å²) < 4.78 is 5.06. The van der Waals surface area contributed by atoms with Crippen molar-refractivity contribution in [3.63, 3.8) is 0 Å². The molecule has 2 amide bonds. The number of likely N-dealkylation sites (tertiary alicyclic amines) is 1. The molecule has 6 heteroatoms. The van der Waals surface area contributed by atoms with Crippen molar-refractivity contribution in [2.45, 2.75) is 19.3 Å². The Morgan fingerprint density at radius 2 is 1.75 bits per heavy atom. The highest BCUT2D eigenvalue weighted by Gasteiger charge is 2.14. The van der Waals surface area contributed by atoms with E-state index < -0.39 is 0 Å². The van der Waals surface area contributed by atoms with Crippen LogP contribution in [0.1, 0.15) is 29.8 Å². The number of anilines is 2. The molecule has 0 saturated carbocycles. The standard InChI is InChI=1S/C18H21N3O3/c22-17(13-21-9-2-1-3-10-21)19-14-6-4-7-15(12-14)20-18(23)16-8-5-11-24-16/h4-8,11-12H,1-3,9-10,13H2,(H,19,22)(H,20,23). The summed E-state index contributed by atoms with van der Waals surface area (Å²) in [5.74, 6) is -0.113. The number of amides is 2. The molecule has 126 valence electrons. The minimum Gasteiger partial charge on any atom is -0.459 e. The summed E-state index contributed by atoms with van der Waals surface area (Å²) in [7, 11) is 0. The molecular formula is C18H21N3O3. The Morgan fingerprint density at radius 1 is 1.00 bits per heavy atom. The molecule has 3 rings (SSSR count). The quantitative estimate of drug-likeness (QED) is 0.885. The first-order chi connectivity index (χ1) is 11.7. The van der Waals surface area contributed by atoms with Crippen LogP contribution >= 0.6 is 0 Å². The van der Waals surface area contributed by atoms with Gasteiger partial charge in [-0.15, -0.1) is 0 Å². The molecule has 0 radical (unpaired) electrons. The van der Waals surface area contributed by atoms with Crippen molar-refractivity contribution in [2.24, 2.45) is 0 Å². The zero-order valence-electron chi connectivity index (χ0n) is 13.5. The molecule has 1 aliphatic rings. The molecule has 0 unspecified atom stereocenters. The number of hydrogen-bond donors (Lipinski definition) is 2. The molecule has 2 N–H and O–H groups in total. The first kappa shape index (κ1) is 16.3. The largest absolute Gasteiger partial charge is 0.459 e. The van der Waals surface area contributed by atoms with E-state index in [9.17, 15) is 9.59 Å². The lowest BCUT2D eigenvalue weighted by molar-refractivity contribution is -0.117. The van der Waals surface area contributed by atoms with E-state index in [1.165, 1.54) is 12.7 Å². The van der Waals surface area contributed by atoms with E-state index in [0.29, 0.717) is 17.9 Å². The van der Waals surface area contributed by atoms with Crippen LogP contribution in [0.5, 0.6) is 0 Å². The lowest BCUT2D eigenvalue weighted by atomic mass is 10.1. The number of carbonyl (C=O) groups excluding carboxylic acids is 2. The molecule has 2 heterocycles. The van der Waals surface area contributed by atoms with Crippen LogP contribution in [0.2, 0.25) is 0 Å². The molecular weight excluding hydrogens is 306 g/mol. The third-order valence-corrected chi connectivity index (χ3v) is 3.97. The lowest BCUT2D eigenvalue weighted by Crippen LogP contribution is -2.36. The van der Waals surface area contributed by atoms with E-state index in [1.807, 2.05) is 0 Å². The van der Waals surface area contributed by atoms with E-state index >= 15 is 0 Å². The maximum atomic E-state index is 12.1. The van der Waals surface area contributed by atoms with Crippen molar-refractivity contribution in [1.29, 1.82) is 0 Å². The van der Waals surface area contributed by atoms with Crippen molar-refractivity contribution in [2.75, 3.05) is 30.3 Å². The maximum absolute atomic E-state index is 12.1. The Hall–Kier alpha value is -2.60. The SMILES string of the molecule is O=C(CN1CCCCC1)Nc1cccc(NC(=O)c2ccco2)c1. The van der Waals surface area contributed by atoms with Crippen LogP contribution in [-0.2, 0) is 4.79 Å². The molecule has 24 heavy (non-hydrogen) atoms. The van der Waals surface area contributed by atoms with Gasteiger partial charge in [-0.25, -0.2) is 0 Å². The topological polar surface area (TPSA) is 74.6 Å². The van der Waals surface area contributed by atoms with Crippen molar-refractivity contribution in [3.8, 4) is 0 Å². The zero-order chi connectivity index (χ0) is 16.8. The van der Waals surface area contributed by atoms with Gasteiger partial charge < -0.3 is 15.1 Å². The molecule has 0 spiro atoms. The highest BCUT2D eigenvalue weighted by atomic mass is 16.3. The third-order valence-electron chi connectivity index (χ3n) is 3.97. The van der Waals surface area contributed by atoms with E-state index in [4.69, 9.17) is 4.42 Å². The van der Waals surface area contributed by atoms with Gasteiger partial charge in [-0.05, 0) is 56.3 Å². The van der Waals surface area contributed by atoms with Crippen LogP contribution in [0, 0.1) is 0 Å². The highest BCUT2D eigenvalue weighted by Crippen LogP contribution is 2.17. The molecule has 1 aromatic carbocycles. The van der Waals surface area contributed by atoms with Crippen molar-refractivity contribution < 1.29 is 14.0 Å². The Kier molecular flexibility index (Phi) is 5.28. The number of furan rings is 1. The van der Waals surface area contributed by atoms with Crippen LogP contribution in [-0.4, -0.2) is 36.3 Å².